The molecule has 0 bridgehead atoms. The molecule has 1 aromatic carbocycles. The summed E-state index contributed by atoms with van der Waals surface area (Å²) in [4.78, 5) is 4.32. The Morgan fingerprint density at radius 1 is 1.33 bits per heavy atom. The molecule has 96 valence electrons. The number of thiazole rings is 1. The lowest BCUT2D eigenvalue weighted by Gasteiger charge is -2.15. The fourth-order valence-electron chi connectivity index (χ4n) is 2.06. The zero-order valence-electron chi connectivity index (χ0n) is 10.5. The highest BCUT2D eigenvalue weighted by molar-refractivity contribution is 7.07. The van der Waals surface area contributed by atoms with Crippen molar-refractivity contribution < 1.29 is 4.74 Å². The molecule has 2 rings (SSSR count). The Morgan fingerprint density at radius 2 is 2.17 bits per heavy atom. The second-order valence-electron chi connectivity index (χ2n) is 4.30. The number of methoxy groups -OCH3 is 1. The van der Waals surface area contributed by atoms with Crippen molar-refractivity contribution in [3.63, 3.8) is 0 Å². The van der Waals surface area contributed by atoms with Gasteiger partial charge in [-0.15, -0.1) is 11.3 Å². The van der Waals surface area contributed by atoms with Crippen LogP contribution < -0.4 is 10.5 Å². The van der Waals surface area contributed by atoms with Crippen molar-refractivity contribution in [3.05, 3.63) is 46.4 Å². The minimum atomic E-state index is 0.406. The standard InChI is InChI=1S/C14H18N2OS/c1-17-14-5-3-2-4-12(14)6-11(8-15)7-13-9-18-10-16-13/h2-5,9-11H,6-8,15H2,1H3. The molecule has 1 atom stereocenters. The largest absolute Gasteiger partial charge is 0.496 e. The van der Waals surface area contributed by atoms with Crippen LogP contribution >= 0.6 is 11.3 Å². The molecule has 0 spiro atoms. The van der Waals surface area contributed by atoms with Gasteiger partial charge >= 0.3 is 0 Å². The third-order valence-corrected chi connectivity index (χ3v) is 3.65. The molecular weight excluding hydrogens is 244 g/mol. The minimum Gasteiger partial charge on any atom is -0.496 e. The predicted octanol–water partition coefficient (Wildman–Crippen LogP) is 2.51. The van der Waals surface area contributed by atoms with Crippen molar-refractivity contribution in [2.75, 3.05) is 13.7 Å². The van der Waals surface area contributed by atoms with Crippen molar-refractivity contribution in [2.24, 2.45) is 11.7 Å². The maximum atomic E-state index is 5.86. The number of benzene rings is 1. The van der Waals surface area contributed by atoms with Crippen molar-refractivity contribution in [1.82, 2.24) is 4.98 Å². The number of nitrogens with zero attached hydrogens (tertiary/aromatic N) is 1. The van der Waals surface area contributed by atoms with Crippen LogP contribution in [0.3, 0.4) is 0 Å². The molecule has 0 aliphatic carbocycles. The average Bonchev–Trinajstić information content (AvgIpc) is 2.91. The third-order valence-electron chi connectivity index (χ3n) is 3.02. The van der Waals surface area contributed by atoms with E-state index in [4.69, 9.17) is 10.5 Å². The zero-order chi connectivity index (χ0) is 12.8. The van der Waals surface area contributed by atoms with Gasteiger partial charge in [-0.25, -0.2) is 4.98 Å². The summed E-state index contributed by atoms with van der Waals surface area (Å²) >= 11 is 1.63. The van der Waals surface area contributed by atoms with E-state index in [1.165, 1.54) is 5.56 Å². The van der Waals surface area contributed by atoms with Crippen LogP contribution in [0.1, 0.15) is 11.3 Å². The van der Waals surface area contributed by atoms with Crippen LogP contribution in [0.2, 0.25) is 0 Å². The maximum Gasteiger partial charge on any atom is 0.122 e. The highest BCUT2D eigenvalue weighted by Crippen LogP contribution is 2.22. The lowest BCUT2D eigenvalue weighted by molar-refractivity contribution is 0.403. The fraction of sp³-hybridized carbons (Fsp3) is 0.357. The molecule has 1 aromatic heterocycles. The molecule has 0 saturated carbocycles. The van der Waals surface area contributed by atoms with Crippen LogP contribution in [0.15, 0.2) is 35.2 Å². The van der Waals surface area contributed by atoms with Crippen LogP contribution in [0.5, 0.6) is 5.75 Å². The Labute approximate surface area is 112 Å². The van der Waals surface area contributed by atoms with E-state index >= 15 is 0 Å². The molecule has 0 aliphatic rings. The quantitative estimate of drug-likeness (QED) is 0.870. The summed E-state index contributed by atoms with van der Waals surface area (Å²) in [5, 5.41) is 2.09. The van der Waals surface area contributed by atoms with Crippen molar-refractivity contribution in [1.29, 1.82) is 0 Å². The number of nitrogens with two attached hydrogens (primary N) is 1. The first-order valence-corrected chi connectivity index (χ1v) is 6.96. The number of aromatic nitrogens is 1. The molecule has 2 aromatic rings. The molecule has 1 heterocycles. The minimum absolute atomic E-state index is 0.406. The number of para-hydroxylation sites is 1. The van der Waals surface area contributed by atoms with Gasteiger partial charge in [-0.3, -0.25) is 0 Å². The normalized spacial score (nSPS) is 12.3. The first-order valence-electron chi connectivity index (χ1n) is 6.02. The number of ether oxygens (including phenoxy) is 1. The van der Waals surface area contributed by atoms with E-state index in [1.807, 2.05) is 23.7 Å². The molecule has 0 saturated heterocycles. The molecule has 2 N–H and O–H groups in total. The van der Waals surface area contributed by atoms with Gasteiger partial charge in [0.15, 0.2) is 0 Å². The van der Waals surface area contributed by atoms with Gasteiger partial charge in [-0.05, 0) is 36.9 Å². The maximum absolute atomic E-state index is 5.86. The Kier molecular flexibility index (Phi) is 4.73. The molecule has 0 fully saturated rings. The Hall–Kier alpha value is -1.39. The van der Waals surface area contributed by atoms with E-state index in [1.54, 1.807) is 18.4 Å². The topological polar surface area (TPSA) is 48.1 Å². The molecule has 0 amide bonds. The summed E-state index contributed by atoms with van der Waals surface area (Å²) in [6.45, 7) is 0.662. The van der Waals surface area contributed by atoms with E-state index in [-0.39, 0.29) is 0 Å². The fourth-order valence-corrected chi connectivity index (χ4v) is 2.63. The molecular formula is C14H18N2OS. The van der Waals surface area contributed by atoms with Crippen LogP contribution in [-0.4, -0.2) is 18.6 Å². The Morgan fingerprint density at radius 3 is 2.83 bits per heavy atom. The van der Waals surface area contributed by atoms with Gasteiger partial charge in [0.2, 0.25) is 0 Å². The average molecular weight is 262 g/mol. The SMILES string of the molecule is COc1ccccc1CC(CN)Cc1cscn1. The summed E-state index contributed by atoms with van der Waals surface area (Å²) in [5.41, 5.74) is 10.1. The predicted molar refractivity (Wildman–Crippen MR) is 75.1 cm³/mol. The van der Waals surface area contributed by atoms with Crippen LogP contribution in [0.4, 0.5) is 0 Å². The van der Waals surface area contributed by atoms with E-state index < -0.39 is 0 Å². The molecule has 0 aliphatic heterocycles. The number of hydrogen-bond donors (Lipinski definition) is 1. The monoisotopic (exact) mass is 262 g/mol. The third kappa shape index (κ3) is 3.31. The van der Waals surface area contributed by atoms with E-state index in [2.05, 4.69) is 16.4 Å². The van der Waals surface area contributed by atoms with E-state index in [9.17, 15) is 0 Å². The number of hydrogen-bond acceptors (Lipinski definition) is 4. The summed E-state index contributed by atoms with van der Waals surface area (Å²) in [6.07, 6.45) is 1.86. The second-order valence-corrected chi connectivity index (χ2v) is 5.02. The van der Waals surface area contributed by atoms with Crippen molar-refractivity contribution >= 4 is 11.3 Å². The molecule has 1 unspecified atom stereocenters. The van der Waals surface area contributed by atoms with Crippen LogP contribution in [-0.2, 0) is 12.8 Å². The second kappa shape index (κ2) is 6.52. The lowest BCUT2D eigenvalue weighted by Crippen LogP contribution is -2.19. The summed E-state index contributed by atoms with van der Waals surface area (Å²) in [7, 11) is 1.71. The number of rotatable bonds is 6. The van der Waals surface area contributed by atoms with Gasteiger partial charge in [0.1, 0.15) is 5.75 Å². The van der Waals surface area contributed by atoms with Gasteiger partial charge in [0.05, 0.1) is 18.3 Å². The van der Waals surface area contributed by atoms with Crippen molar-refractivity contribution in [3.8, 4) is 5.75 Å². The van der Waals surface area contributed by atoms with Crippen molar-refractivity contribution in [2.45, 2.75) is 12.8 Å². The summed E-state index contributed by atoms with van der Waals surface area (Å²) < 4.78 is 5.37. The first kappa shape index (κ1) is 13.1. The summed E-state index contributed by atoms with van der Waals surface area (Å²) in [6, 6.07) is 8.11. The molecule has 18 heavy (non-hydrogen) atoms. The van der Waals surface area contributed by atoms with Gasteiger partial charge in [0, 0.05) is 5.38 Å². The first-order chi connectivity index (χ1) is 8.83. The van der Waals surface area contributed by atoms with Gasteiger partial charge in [0.25, 0.3) is 0 Å². The molecule has 4 heteroatoms. The van der Waals surface area contributed by atoms with E-state index in [0.29, 0.717) is 12.5 Å². The smallest absolute Gasteiger partial charge is 0.122 e. The van der Waals surface area contributed by atoms with Crippen LogP contribution in [0, 0.1) is 5.92 Å². The van der Waals surface area contributed by atoms with Gasteiger partial charge in [-0.2, -0.15) is 0 Å². The molecule has 3 nitrogen and oxygen atoms in total. The Bertz CT molecular complexity index is 470. The van der Waals surface area contributed by atoms with Crippen LogP contribution in [0.25, 0.3) is 0 Å². The zero-order valence-corrected chi connectivity index (χ0v) is 11.3. The van der Waals surface area contributed by atoms with Gasteiger partial charge < -0.3 is 10.5 Å². The highest BCUT2D eigenvalue weighted by atomic mass is 32.1. The molecule has 0 radical (unpaired) electrons. The van der Waals surface area contributed by atoms with E-state index in [0.717, 1.165) is 24.3 Å². The highest BCUT2D eigenvalue weighted by Gasteiger charge is 2.12. The Balaban J connectivity index is 2.05. The lowest BCUT2D eigenvalue weighted by atomic mass is 9.94. The van der Waals surface area contributed by atoms with Gasteiger partial charge in [-0.1, -0.05) is 18.2 Å². The summed E-state index contributed by atoms with van der Waals surface area (Å²) in [5.74, 6) is 1.35.